The van der Waals surface area contributed by atoms with E-state index in [-0.39, 0.29) is 24.2 Å². The molecule has 0 bridgehead atoms. The van der Waals surface area contributed by atoms with Gasteiger partial charge in [0.2, 0.25) is 0 Å². The minimum absolute atomic E-state index is 0.102. The van der Waals surface area contributed by atoms with E-state index in [1.165, 1.54) is 16.7 Å². The molecular weight excluding hydrogens is 452 g/mol. The number of fused-ring (bicyclic) bond motifs is 1. The van der Waals surface area contributed by atoms with Crippen LogP contribution in [0.2, 0.25) is 0 Å². The lowest BCUT2D eigenvalue weighted by Crippen LogP contribution is -2.26. The normalized spacial score (nSPS) is 22.2. The second-order valence-corrected chi connectivity index (χ2v) is 9.57. The highest BCUT2D eigenvalue weighted by molar-refractivity contribution is 5.51. The van der Waals surface area contributed by atoms with Gasteiger partial charge >= 0.3 is 0 Å². The number of hydrogen-bond donors (Lipinski definition) is 0. The van der Waals surface area contributed by atoms with E-state index in [1.54, 1.807) is 7.11 Å². The van der Waals surface area contributed by atoms with Crippen molar-refractivity contribution >= 4 is 0 Å². The summed E-state index contributed by atoms with van der Waals surface area (Å²) >= 11 is 0. The molecule has 0 spiro atoms. The molecule has 3 aromatic rings. The largest absolute Gasteiger partial charge is 0.492 e. The minimum Gasteiger partial charge on any atom is -0.492 e. The summed E-state index contributed by atoms with van der Waals surface area (Å²) in [5, 5.41) is 0. The van der Waals surface area contributed by atoms with Gasteiger partial charge in [0.25, 0.3) is 0 Å². The molecule has 0 radical (unpaired) electrons. The van der Waals surface area contributed by atoms with Crippen molar-refractivity contribution in [2.24, 2.45) is 0 Å². The molecular formula is C31H36O5. The van der Waals surface area contributed by atoms with Gasteiger partial charge < -0.3 is 23.7 Å². The molecule has 4 atom stereocenters. The molecule has 5 rings (SSSR count). The van der Waals surface area contributed by atoms with Gasteiger partial charge in [0.15, 0.2) is 6.29 Å². The molecule has 0 amide bonds. The molecule has 1 saturated heterocycles. The molecule has 36 heavy (non-hydrogen) atoms. The molecule has 190 valence electrons. The third-order valence-corrected chi connectivity index (χ3v) is 7.24. The SMILES string of the molecule is CCC(COc1ccc([C@@H]2c3ccc(OC4CCCCO4)cc3OC[C@@H]2c2ccccc2)cc1)OC. The summed E-state index contributed by atoms with van der Waals surface area (Å²) in [6.07, 6.45) is 4.01. The van der Waals surface area contributed by atoms with E-state index >= 15 is 0 Å². The quantitative estimate of drug-likeness (QED) is 0.335. The van der Waals surface area contributed by atoms with Gasteiger partial charge in [-0.05, 0) is 48.6 Å². The maximum Gasteiger partial charge on any atom is 0.199 e. The van der Waals surface area contributed by atoms with Crippen molar-refractivity contribution in [1.29, 1.82) is 0 Å². The lowest BCUT2D eigenvalue weighted by Gasteiger charge is -2.35. The lowest BCUT2D eigenvalue weighted by molar-refractivity contribution is -0.106. The van der Waals surface area contributed by atoms with Gasteiger partial charge in [-0.15, -0.1) is 0 Å². The zero-order valence-corrected chi connectivity index (χ0v) is 21.2. The van der Waals surface area contributed by atoms with Crippen molar-refractivity contribution in [3.05, 3.63) is 89.5 Å². The molecule has 2 aliphatic heterocycles. The van der Waals surface area contributed by atoms with Crippen LogP contribution in [0.15, 0.2) is 72.8 Å². The Hall–Kier alpha value is -3.02. The molecule has 0 aliphatic carbocycles. The number of benzene rings is 3. The second kappa shape index (κ2) is 11.8. The van der Waals surface area contributed by atoms with E-state index in [0.29, 0.717) is 13.2 Å². The first-order valence-corrected chi connectivity index (χ1v) is 13.1. The molecule has 0 N–H and O–H groups in total. The van der Waals surface area contributed by atoms with Gasteiger partial charge in [-0.2, -0.15) is 0 Å². The fourth-order valence-electron chi connectivity index (χ4n) is 5.13. The maximum absolute atomic E-state index is 6.33. The Balaban J connectivity index is 1.41. The molecule has 3 aromatic carbocycles. The summed E-state index contributed by atoms with van der Waals surface area (Å²) in [6.45, 7) is 4.02. The molecule has 0 saturated carbocycles. The number of hydrogen-bond acceptors (Lipinski definition) is 5. The van der Waals surface area contributed by atoms with Gasteiger partial charge in [-0.3, -0.25) is 0 Å². The summed E-state index contributed by atoms with van der Waals surface area (Å²) in [7, 11) is 1.73. The number of ether oxygens (including phenoxy) is 5. The molecule has 5 nitrogen and oxygen atoms in total. The highest BCUT2D eigenvalue weighted by Gasteiger charge is 2.34. The van der Waals surface area contributed by atoms with E-state index in [9.17, 15) is 0 Å². The Morgan fingerprint density at radius 3 is 2.44 bits per heavy atom. The van der Waals surface area contributed by atoms with Gasteiger partial charge in [-0.1, -0.05) is 55.5 Å². The van der Waals surface area contributed by atoms with Crippen LogP contribution in [0.5, 0.6) is 17.2 Å². The predicted octanol–water partition coefficient (Wildman–Crippen LogP) is 6.70. The van der Waals surface area contributed by atoms with Crippen LogP contribution in [0, 0.1) is 0 Å². The highest BCUT2D eigenvalue weighted by Crippen LogP contribution is 2.47. The van der Waals surface area contributed by atoms with Crippen LogP contribution < -0.4 is 14.2 Å². The lowest BCUT2D eigenvalue weighted by atomic mass is 9.76. The van der Waals surface area contributed by atoms with Crippen molar-refractivity contribution in [2.45, 2.75) is 56.8 Å². The highest BCUT2D eigenvalue weighted by atomic mass is 16.7. The van der Waals surface area contributed by atoms with E-state index in [4.69, 9.17) is 23.7 Å². The molecule has 0 aromatic heterocycles. The minimum atomic E-state index is -0.175. The van der Waals surface area contributed by atoms with E-state index < -0.39 is 0 Å². The summed E-state index contributed by atoms with van der Waals surface area (Å²) in [5.74, 6) is 2.90. The fraction of sp³-hybridized carbons (Fsp3) is 0.419. The van der Waals surface area contributed by atoms with Crippen LogP contribution in [-0.4, -0.2) is 39.3 Å². The molecule has 1 fully saturated rings. The molecule has 2 unspecified atom stereocenters. The average Bonchev–Trinajstić information content (AvgIpc) is 2.94. The van der Waals surface area contributed by atoms with Gasteiger partial charge in [0.1, 0.15) is 23.9 Å². The topological polar surface area (TPSA) is 46.2 Å². The van der Waals surface area contributed by atoms with Crippen molar-refractivity contribution in [3.63, 3.8) is 0 Å². The summed E-state index contributed by atoms with van der Waals surface area (Å²) in [4.78, 5) is 0. The van der Waals surface area contributed by atoms with Crippen molar-refractivity contribution in [2.75, 3.05) is 26.9 Å². The predicted molar refractivity (Wildman–Crippen MR) is 140 cm³/mol. The standard InChI is InChI=1S/C31H36O5/c1-3-24(32-2)20-34-25-14-12-23(13-15-25)31-27-17-16-26(36-30-11-7-8-18-33-30)19-29(27)35-21-28(31)22-9-5-4-6-10-22/h4-6,9-10,12-17,19,24,28,30-31H,3,7-8,11,18,20-21H2,1-2H3/t24?,28-,30?,31-/m1/s1. The molecule has 5 heteroatoms. The van der Waals surface area contributed by atoms with E-state index in [2.05, 4.69) is 67.6 Å². The third kappa shape index (κ3) is 5.69. The Morgan fingerprint density at radius 1 is 0.917 bits per heavy atom. The smallest absolute Gasteiger partial charge is 0.199 e. The first-order chi connectivity index (χ1) is 17.7. The summed E-state index contributed by atoms with van der Waals surface area (Å²) < 4.78 is 29.6. The zero-order chi connectivity index (χ0) is 24.7. The van der Waals surface area contributed by atoms with Crippen LogP contribution in [0.4, 0.5) is 0 Å². The molecule has 2 heterocycles. The average molecular weight is 489 g/mol. The maximum atomic E-state index is 6.33. The third-order valence-electron chi connectivity index (χ3n) is 7.24. The van der Waals surface area contributed by atoms with Crippen LogP contribution in [0.25, 0.3) is 0 Å². The van der Waals surface area contributed by atoms with Crippen LogP contribution in [0.1, 0.15) is 61.1 Å². The van der Waals surface area contributed by atoms with Crippen LogP contribution in [0.3, 0.4) is 0 Å². The van der Waals surface area contributed by atoms with Crippen LogP contribution >= 0.6 is 0 Å². The van der Waals surface area contributed by atoms with E-state index in [0.717, 1.165) is 49.5 Å². The monoisotopic (exact) mass is 488 g/mol. The first kappa shape index (κ1) is 24.7. The number of methoxy groups -OCH3 is 1. The Bertz CT molecular complexity index is 1090. The first-order valence-electron chi connectivity index (χ1n) is 13.1. The zero-order valence-electron chi connectivity index (χ0n) is 21.2. The number of rotatable bonds is 9. The van der Waals surface area contributed by atoms with Gasteiger partial charge in [-0.25, -0.2) is 0 Å². The summed E-state index contributed by atoms with van der Waals surface area (Å²) in [5.41, 5.74) is 3.69. The Kier molecular flexibility index (Phi) is 8.09. The Labute approximate surface area is 214 Å². The van der Waals surface area contributed by atoms with Gasteiger partial charge in [0, 0.05) is 37.0 Å². The van der Waals surface area contributed by atoms with Crippen molar-refractivity contribution in [3.8, 4) is 17.2 Å². The second-order valence-electron chi connectivity index (χ2n) is 9.57. The van der Waals surface area contributed by atoms with Gasteiger partial charge in [0.05, 0.1) is 19.3 Å². The van der Waals surface area contributed by atoms with Crippen molar-refractivity contribution < 1.29 is 23.7 Å². The van der Waals surface area contributed by atoms with E-state index in [1.807, 2.05) is 12.1 Å². The summed E-state index contributed by atoms with van der Waals surface area (Å²) in [6, 6.07) is 25.3. The van der Waals surface area contributed by atoms with Crippen molar-refractivity contribution in [1.82, 2.24) is 0 Å². The molecule has 2 aliphatic rings. The van der Waals surface area contributed by atoms with Crippen LogP contribution in [-0.2, 0) is 9.47 Å². The fourth-order valence-corrected chi connectivity index (χ4v) is 5.13. The Morgan fingerprint density at radius 2 is 1.72 bits per heavy atom.